The van der Waals surface area contributed by atoms with E-state index < -0.39 is 6.36 Å². The summed E-state index contributed by atoms with van der Waals surface area (Å²) in [6.07, 6.45) is -3.03. The predicted octanol–water partition coefficient (Wildman–Crippen LogP) is 3.46. The molecule has 0 aliphatic carbocycles. The van der Waals surface area contributed by atoms with Crippen LogP contribution in [0.4, 0.5) is 13.2 Å². The van der Waals surface area contributed by atoms with Crippen molar-refractivity contribution in [1.82, 2.24) is 4.98 Å². The molecule has 0 unspecified atom stereocenters. The summed E-state index contributed by atoms with van der Waals surface area (Å²) >= 11 is 0. The monoisotopic (exact) mass is 267 g/mol. The summed E-state index contributed by atoms with van der Waals surface area (Å²) in [5.74, 6) is -0.374. The number of hydrogen-bond acceptors (Lipinski definition) is 3. The molecule has 6 heteroatoms. The van der Waals surface area contributed by atoms with Gasteiger partial charge in [-0.2, -0.15) is 0 Å². The summed E-state index contributed by atoms with van der Waals surface area (Å²) in [7, 11) is 0. The molecule has 0 radical (unpaired) electrons. The topological polar surface area (TPSA) is 39.2 Å². The predicted molar refractivity (Wildman–Crippen MR) is 61.7 cm³/mol. The maximum Gasteiger partial charge on any atom is 0.573 e. The molecule has 2 aromatic rings. The van der Waals surface area contributed by atoms with Gasteiger partial charge in [-0.15, -0.1) is 13.2 Å². The van der Waals surface area contributed by atoms with Crippen molar-refractivity contribution < 1.29 is 22.7 Å². The highest BCUT2D eigenvalue weighted by molar-refractivity contribution is 5.76. The number of rotatable bonds is 3. The third kappa shape index (κ3) is 3.54. The first kappa shape index (κ1) is 13.1. The van der Waals surface area contributed by atoms with E-state index in [1.165, 1.54) is 12.1 Å². The van der Waals surface area contributed by atoms with Gasteiger partial charge in [-0.3, -0.25) is 9.78 Å². The number of pyridine rings is 1. The fourth-order valence-corrected chi connectivity index (χ4v) is 1.48. The van der Waals surface area contributed by atoms with Gasteiger partial charge in [0, 0.05) is 11.1 Å². The molecule has 0 aliphatic rings. The lowest BCUT2D eigenvalue weighted by Gasteiger charge is -2.08. The van der Waals surface area contributed by atoms with Crippen LogP contribution in [-0.4, -0.2) is 17.6 Å². The van der Waals surface area contributed by atoms with E-state index >= 15 is 0 Å². The Labute approximate surface area is 106 Å². The van der Waals surface area contributed by atoms with Crippen molar-refractivity contribution >= 4 is 6.29 Å². The lowest BCUT2D eigenvalue weighted by atomic mass is 10.1. The molecule has 1 heterocycles. The van der Waals surface area contributed by atoms with Crippen molar-refractivity contribution in [2.45, 2.75) is 6.36 Å². The molecule has 0 amide bonds. The molecule has 0 atom stereocenters. The number of ether oxygens (including phenoxy) is 1. The van der Waals surface area contributed by atoms with Crippen LogP contribution in [0.2, 0.25) is 0 Å². The summed E-state index contributed by atoms with van der Waals surface area (Å²) in [4.78, 5) is 14.4. The van der Waals surface area contributed by atoms with Crippen molar-refractivity contribution in [2.24, 2.45) is 0 Å². The first-order chi connectivity index (χ1) is 8.98. The minimum Gasteiger partial charge on any atom is -0.404 e. The van der Waals surface area contributed by atoms with Crippen LogP contribution < -0.4 is 4.74 Å². The van der Waals surface area contributed by atoms with Gasteiger partial charge in [-0.1, -0.05) is 24.3 Å². The Hall–Kier alpha value is -2.37. The van der Waals surface area contributed by atoms with E-state index in [0.717, 1.165) is 6.20 Å². The van der Waals surface area contributed by atoms with E-state index in [1.54, 1.807) is 24.3 Å². The summed E-state index contributed by atoms with van der Waals surface area (Å²) < 4.78 is 39.6. The van der Waals surface area contributed by atoms with Gasteiger partial charge in [0.15, 0.2) is 0 Å². The molecule has 19 heavy (non-hydrogen) atoms. The van der Waals surface area contributed by atoms with E-state index in [-0.39, 0.29) is 5.75 Å². The van der Waals surface area contributed by atoms with Crippen LogP contribution in [0, 0.1) is 0 Å². The van der Waals surface area contributed by atoms with E-state index in [2.05, 4.69) is 9.72 Å². The van der Waals surface area contributed by atoms with E-state index in [0.29, 0.717) is 23.1 Å². The fraction of sp³-hybridized carbons (Fsp3) is 0.0769. The number of hydrogen-bond donors (Lipinski definition) is 0. The van der Waals surface area contributed by atoms with E-state index in [9.17, 15) is 18.0 Å². The van der Waals surface area contributed by atoms with Crippen LogP contribution >= 0.6 is 0 Å². The minimum absolute atomic E-state index is 0.374. The summed E-state index contributed by atoms with van der Waals surface area (Å²) in [5, 5.41) is 0. The van der Waals surface area contributed by atoms with Gasteiger partial charge in [0.1, 0.15) is 12.0 Å². The molecule has 98 valence electrons. The molecule has 0 saturated heterocycles. The average molecular weight is 267 g/mol. The molecule has 0 bridgehead atoms. The maximum absolute atomic E-state index is 12.0. The molecular weight excluding hydrogens is 259 g/mol. The number of nitrogens with zero attached hydrogens (tertiary/aromatic N) is 1. The molecule has 0 spiro atoms. The number of carbonyl (C=O) groups excluding carboxylic acids is 1. The Bertz CT molecular complexity index is 562. The zero-order chi connectivity index (χ0) is 13.9. The molecule has 3 nitrogen and oxygen atoms in total. The van der Waals surface area contributed by atoms with Crippen LogP contribution in [0.5, 0.6) is 5.75 Å². The van der Waals surface area contributed by atoms with Crippen LogP contribution in [-0.2, 0) is 0 Å². The normalized spacial score (nSPS) is 11.1. The van der Waals surface area contributed by atoms with Crippen LogP contribution in [0.3, 0.4) is 0 Å². The van der Waals surface area contributed by atoms with Crippen molar-refractivity contribution in [3.8, 4) is 17.0 Å². The minimum atomic E-state index is -4.73. The van der Waals surface area contributed by atoms with Gasteiger partial charge in [-0.25, -0.2) is 0 Å². The third-order valence-electron chi connectivity index (χ3n) is 2.31. The standard InChI is InChI=1S/C13H8F3NO2/c14-13(15,16)19-11-5-6-12(17-7-11)10-3-1-9(8-18)2-4-10/h1-8H. The van der Waals surface area contributed by atoms with Crippen molar-refractivity contribution in [1.29, 1.82) is 0 Å². The SMILES string of the molecule is O=Cc1ccc(-c2ccc(OC(F)(F)F)cn2)cc1. The molecule has 0 saturated carbocycles. The maximum atomic E-state index is 12.0. The number of benzene rings is 1. The second-order valence-corrected chi connectivity index (χ2v) is 3.67. The Balaban J connectivity index is 2.19. The molecule has 0 N–H and O–H groups in total. The van der Waals surface area contributed by atoms with Crippen molar-refractivity contribution in [3.63, 3.8) is 0 Å². The zero-order valence-electron chi connectivity index (χ0n) is 9.52. The lowest BCUT2D eigenvalue weighted by Crippen LogP contribution is -2.17. The smallest absolute Gasteiger partial charge is 0.404 e. The van der Waals surface area contributed by atoms with Gasteiger partial charge >= 0.3 is 6.36 Å². The molecule has 0 fully saturated rings. The Morgan fingerprint density at radius 3 is 2.21 bits per heavy atom. The number of aromatic nitrogens is 1. The highest BCUT2D eigenvalue weighted by Crippen LogP contribution is 2.24. The van der Waals surface area contributed by atoms with Crippen LogP contribution in [0.1, 0.15) is 10.4 Å². The number of alkyl halides is 3. The fourth-order valence-electron chi connectivity index (χ4n) is 1.48. The van der Waals surface area contributed by atoms with Crippen molar-refractivity contribution in [2.75, 3.05) is 0 Å². The van der Waals surface area contributed by atoms with E-state index in [1.807, 2.05) is 0 Å². The summed E-state index contributed by atoms with van der Waals surface area (Å²) in [6.45, 7) is 0. The number of aldehydes is 1. The van der Waals surface area contributed by atoms with Gasteiger partial charge in [0.05, 0.1) is 11.9 Å². The van der Waals surface area contributed by atoms with Crippen molar-refractivity contribution in [3.05, 3.63) is 48.2 Å². The van der Waals surface area contributed by atoms with Crippen LogP contribution in [0.15, 0.2) is 42.6 Å². The lowest BCUT2D eigenvalue weighted by molar-refractivity contribution is -0.274. The van der Waals surface area contributed by atoms with Gasteiger partial charge in [0.25, 0.3) is 0 Å². The Morgan fingerprint density at radius 1 is 1.05 bits per heavy atom. The third-order valence-corrected chi connectivity index (χ3v) is 2.31. The highest BCUT2D eigenvalue weighted by atomic mass is 19.4. The van der Waals surface area contributed by atoms with Crippen LogP contribution in [0.25, 0.3) is 11.3 Å². The largest absolute Gasteiger partial charge is 0.573 e. The first-order valence-electron chi connectivity index (χ1n) is 5.25. The first-order valence-corrected chi connectivity index (χ1v) is 5.25. The molecular formula is C13H8F3NO2. The highest BCUT2D eigenvalue weighted by Gasteiger charge is 2.31. The molecule has 1 aromatic carbocycles. The molecule has 1 aromatic heterocycles. The van der Waals surface area contributed by atoms with Gasteiger partial charge in [0.2, 0.25) is 0 Å². The number of carbonyl (C=O) groups is 1. The summed E-state index contributed by atoms with van der Waals surface area (Å²) in [6, 6.07) is 9.13. The van der Waals surface area contributed by atoms with E-state index in [4.69, 9.17) is 0 Å². The zero-order valence-corrected chi connectivity index (χ0v) is 9.52. The molecule has 2 rings (SSSR count). The Morgan fingerprint density at radius 2 is 1.74 bits per heavy atom. The Kier molecular flexibility index (Phi) is 3.50. The number of halogens is 3. The second kappa shape index (κ2) is 5.09. The summed E-state index contributed by atoms with van der Waals surface area (Å²) in [5.41, 5.74) is 1.71. The quantitative estimate of drug-likeness (QED) is 0.799. The second-order valence-electron chi connectivity index (χ2n) is 3.67. The van der Waals surface area contributed by atoms with Gasteiger partial charge in [-0.05, 0) is 12.1 Å². The van der Waals surface area contributed by atoms with Gasteiger partial charge < -0.3 is 4.74 Å². The molecule has 0 aliphatic heterocycles. The average Bonchev–Trinajstić information content (AvgIpc) is 2.38.